The largest absolute Gasteiger partial charge is 0.341 e. The lowest BCUT2D eigenvalue weighted by atomic mass is 10.1. The number of carbonyl (C=O) groups is 1. The summed E-state index contributed by atoms with van der Waals surface area (Å²) in [4.78, 5) is 15.5. The zero-order valence-electron chi connectivity index (χ0n) is 10.6. The number of likely N-dealkylation sites (tertiary alicyclic amines) is 1. The summed E-state index contributed by atoms with van der Waals surface area (Å²) >= 11 is 5.09. The molecule has 1 aromatic heterocycles. The second-order valence-electron chi connectivity index (χ2n) is 5.15. The smallest absolute Gasteiger partial charge is 0.227 e. The summed E-state index contributed by atoms with van der Waals surface area (Å²) < 4.78 is 1.10. The zero-order valence-corrected chi connectivity index (χ0v) is 13.8. The van der Waals surface area contributed by atoms with Gasteiger partial charge < -0.3 is 10.2 Å². The number of carbonyl (C=O) groups excluding carboxylic acids is 1. The van der Waals surface area contributed by atoms with Gasteiger partial charge in [0.25, 0.3) is 0 Å². The fourth-order valence-electron chi connectivity index (χ4n) is 2.88. The van der Waals surface area contributed by atoms with Crippen LogP contribution in [-0.4, -0.2) is 36.0 Å². The number of hydrogen-bond donors (Lipinski definition) is 1. The van der Waals surface area contributed by atoms with Gasteiger partial charge in [0.15, 0.2) is 0 Å². The van der Waals surface area contributed by atoms with Gasteiger partial charge >= 0.3 is 0 Å². The highest BCUT2D eigenvalue weighted by molar-refractivity contribution is 9.11. The molecule has 0 aromatic carbocycles. The second kappa shape index (κ2) is 6.57. The molecule has 2 atom stereocenters. The normalized spacial score (nSPS) is 25.8. The highest BCUT2D eigenvalue weighted by atomic mass is 79.9. The number of fused-ring (bicyclic) bond motifs is 2. The molecule has 0 spiro atoms. The van der Waals surface area contributed by atoms with E-state index in [1.165, 1.54) is 12.8 Å². The highest BCUT2D eigenvalue weighted by Gasteiger charge is 2.30. The molecule has 1 amide bonds. The molecule has 3 heterocycles. The van der Waals surface area contributed by atoms with Crippen LogP contribution in [-0.2, 0) is 11.2 Å². The molecule has 2 bridgehead atoms. The van der Waals surface area contributed by atoms with E-state index in [1.54, 1.807) is 11.3 Å². The van der Waals surface area contributed by atoms with Gasteiger partial charge in [-0.05, 0) is 47.3 Å². The molecule has 3 nitrogen and oxygen atoms in total. The Morgan fingerprint density at radius 2 is 2.16 bits per heavy atom. The average Bonchev–Trinajstić information content (AvgIpc) is 2.85. The van der Waals surface area contributed by atoms with Gasteiger partial charge in [0.2, 0.25) is 5.91 Å². The van der Waals surface area contributed by atoms with Crippen LogP contribution >= 0.6 is 39.7 Å². The molecule has 0 saturated carbocycles. The van der Waals surface area contributed by atoms with E-state index >= 15 is 0 Å². The minimum Gasteiger partial charge on any atom is -0.341 e. The van der Waals surface area contributed by atoms with E-state index in [0.29, 0.717) is 18.5 Å². The summed E-state index contributed by atoms with van der Waals surface area (Å²) in [5.74, 6) is 0.277. The van der Waals surface area contributed by atoms with Crippen LogP contribution in [0.25, 0.3) is 0 Å². The molecule has 1 N–H and O–H groups in total. The maximum absolute atomic E-state index is 12.3. The van der Waals surface area contributed by atoms with Gasteiger partial charge in [-0.1, -0.05) is 0 Å². The van der Waals surface area contributed by atoms with Crippen molar-refractivity contribution in [3.63, 3.8) is 0 Å². The first-order chi connectivity index (χ1) is 8.70. The van der Waals surface area contributed by atoms with Crippen molar-refractivity contribution in [1.82, 2.24) is 10.2 Å². The fraction of sp³-hybridized carbons (Fsp3) is 0.615. The quantitative estimate of drug-likeness (QED) is 0.874. The van der Waals surface area contributed by atoms with Crippen molar-refractivity contribution in [2.75, 3.05) is 13.1 Å². The fourth-order valence-corrected chi connectivity index (χ4v) is 4.35. The number of amides is 1. The average molecular weight is 366 g/mol. The maximum Gasteiger partial charge on any atom is 0.227 e. The Morgan fingerprint density at radius 1 is 1.37 bits per heavy atom. The molecule has 0 aliphatic carbocycles. The molecule has 2 saturated heterocycles. The Balaban J connectivity index is 0.00000133. The van der Waals surface area contributed by atoms with Crippen molar-refractivity contribution in [3.05, 3.63) is 20.8 Å². The van der Waals surface area contributed by atoms with E-state index in [9.17, 15) is 4.79 Å². The minimum absolute atomic E-state index is 0. The zero-order chi connectivity index (χ0) is 12.5. The lowest BCUT2D eigenvalue weighted by Crippen LogP contribution is -2.39. The van der Waals surface area contributed by atoms with E-state index in [1.807, 2.05) is 17.0 Å². The van der Waals surface area contributed by atoms with Gasteiger partial charge in [0.1, 0.15) is 0 Å². The third-order valence-electron chi connectivity index (χ3n) is 3.83. The molecule has 2 aliphatic heterocycles. The third-order valence-corrected chi connectivity index (χ3v) is 5.45. The first-order valence-electron chi connectivity index (χ1n) is 6.49. The monoisotopic (exact) mass is 364 g/mol. The Labute approximate surface area is 132 Å². The van der Waals surface area contributed by atoms with Gasteiger partial charge in [0.05, 0.1) is 10.2 Å². The summed E-state index contributed by atoms with van der Waals surface area (Å²) in [7, 11) is 0. The van der Waals surface area contributed by atoms with Crippen LogP contribution in [0, 0.1) is 0 Å². The predicted octanol–water partition coefficient (Wildman–Crippen LogP) is 2.83. The van der Waals surface area contributed by atoms with Gasteiger partial charge in [-0.2, -0.15) is 0 Å². The maximum atomic E-state index is 12.3. The second-order valence-corrected chi connectivity index (χ2v) is 7.70. The molecule has 2 aliphatic rings. The van der Waals surface area contributed by atoms with Gasteiger partial charge in [0, 0.05) is 30.1 Å². The Morgan fingerprint density at radius 3 is 2.89 bits per heavy atom. The van der Waals surface area contributed by atoms with Gasteiger partial charge in [-0.3, -0.25) is 4.79 Å². The number of nitrogens with one attached hydrogen (secondary N) is 1. The van der Waals surface area contributed by atoms with Crippen LogP contribution in [0.5, 0.6) is 0 Å². The van der Waals surface area contributed by atoms with Crippen molar-refractivity contribution in [3.8, 4) is 0 Å². The number of rotatable bonds is 2. The summed E-state index contributed by atoms with van der Waals surface area (Å²) in [5.41, 5.74) is 0. The number of hydrogen-bond acceptors (Lipinski definition) is 3. The Kier molecular flexibility index (Phi) is 5.29. The SMILES string of the molecule is Cl.O=C(Cc1ccc(Br)s1)N1CCC2CCC(C1)N2. The first-order valence-corrected chi connectivity index (χ1v) is 8.10. The van der Waals surface area contributed by atoms with E-state index in [2.05, 4.69) is 21.2 Å². The lowest BCUT2D eigenvalue weighted by Gasteiger charge is -2.24. The number of nitrogens with zero attached hydrogens (tertiary/aromatic N) is 1. The predicted molar refractivity (Wildman–Crippen MR) is 84.1 cm³/mol. The van der Waals surface area contributed by atoms with Gasteiger partial charge in [-0.15, -0.1) is 23.7 Å². The Bertz CT molecular complexity index is 454. The molecular formula is C13H18BrClN2OS. The molecular weight excluding hydrogens is 348 g/mol. The summed E-state index contributed by atoms with van der Waals surface area (Å²) in [6, 6.07) is 5.22. The van der Waals surface area contributed by atoms with E-state index in [4.69, 9.17) is 0 Å². The van der Waals surface area contributed by atoms with Crippen molar-refractivity contribution in [2.45, 2.75) is 37.8 Å². The Hall–Kier alpha value is -0.100. The molecule has 0 radical (unpaired) electrons. The molecule has 1 aromatic rings. The summed E-state index contributed by atoms with van der Waals surface area (Å²) in [6.45, 7) is 1.81. The molecule has 6 heteroatoms. The first kappa shape index (κ1) is 15.3. The van der Waals surface area contributed by atoms with Gasteiger partial charge in [-0.25, -0.2) is 0 Å². The summed E-state index contributed by atoms with van der Waals surface area (Å²) in [6.07, 6.45) is 4.16. The highest BCUT2D eigenvalue weighted by Crippen LogP contribution is 2.24. The number of halogens is 2. The number of thiophene rings is 1. The standard InChI is InChI=1S/C13H17BrN2OS.ClH/c14-12-4-3-11(18-12)7-13(17)16-6-5-9-1-2-10(8-16)15-9;/h3-4,9-10,15H,1-2,5-8H2;1H. The van der Waals surface area contributed by atoms with Crippen molar-refractivity contribution >= 4 is 45.6 Å². The molecule has 2 unspecified atom stereocenters. The van der Waals surface area contributed by atoms with E-state index in [-0.39, 0.29) is 18.3 Å². The molecule has 2 fully saturated rings. The van der Waals surface area contributed by atoms with Crippen LogP contribution in [0.3, 0.4) is 0 Å². The van der Waals surface area contributed by atoms with Crippen LogP contribution in [0.4, 0.5) is 0 Å². The minimum atomic E-state index is 0. The van der Waals surface area contributed by atoms with Crippen LogP contribution in [0.15, 0.2) is 15.9 Å². The molecule has 3 rings (SSSR count). The van der Waals surface area contributed by atoms with Crippen LogP contribution in [0.2, 0.25) is 0 Å². The molecule has 106 valence electrons. The van der Waals surface area contributed by atoms with Crippen molar-refractivity contribution in [1.29, 1.82) is 0 Å². The van der Waals surface area contributed by atoms with Crippen LogP contribution < -0.4 is 5.32 Å². The van der Waals surface area contributed by atoms with E-state index < -0.39 is 0 Å². The molecule has 19 heavy (non-hydrogen) atoms. The third kappa shape index (κ3) is 3.72. The van der Waals surface area contributed by atoms with Crippen LogP contribution in [0.1, 0.15) is 24.1 Å². The van der Waals surface area contributed by atoms with E-state index in [0.717, 1.165) is 28.2 Å². The van der Waals surface area contributed by atoms with Crippen molar-refractivity contribution in [2.24, 2.45) is 0 Å². The summed E-state index contributed by atoms with van der Waals surface area (Å²) in [5, 5.41) is 3.61. The topological polar surface area (TPSA) is 32.3 Å². The van der Waals surface area contributed by atoms with Crippen molar-refractivity contribution < 1.29 is 4.79 Å². The lowest BCUT2D eigenvalue weighted by molar-refractivity contribution is -0.130.